The van der Waals surface area contributed by atoms with Gasteiger partial charge in [-0.05, 0) is 74.8 Å². The summed E-state index contributed by atoms with van der Waals surface area (Å²) in [4.78, 5) is 31.3. The summed E-state index contributed by atoms with van der Waals surface area (Å²) in [6.07, 6.45) is 3.74. The molecule has 1 aromatic carbocycles. The summed E-state index contributed by atoms with van der Waals surface area (Å²) >= 11 is 1.33. The molecular formula is C20H24N4O3S. The number of anilines is 1. The van der Waals surface area contributed by atoms with Crippen molar-refractivity contribution < 1.29 is 14.0 Å². The van der Waals surface area contributed by atoms with Gasteiger partial charge in [-0.25, -0.2) is 0 Å². The minimum Gasteiger partial charge on any atom is -0.437 e. The minimum atomic E-state index is -0.197. The molecule has 28 heavy (non-hydrogen) atoms. The lowest BCUT2D eigenvalue weighted by molar-refractivity contribution is -0.114. The van der Waals surface area contributed by atoms with E-state index in [9.17, 15) is 9.59 Å². The molecule has 0 unspecified atom stereocenters. The van der Waals surface area contributed by atoms with E-state index in [4.69, 9.17) is 4.42 Å². The molecule has 0 aliphatic carbocycles. The zero-order chi connectivity index (χ0) is 19.7. The number of oxazole rings is 1. The number of rotatable bonds is 5. The Labute approximate surface area is 168 Å². The van der Waals surface area contributed by atoms with Crippen LogP contribution in [0.15, 0.2) is 45.1 Å². The summed E-state index contributed by atoms with van der Waals surface area (Å²) in [5.41, 5.74) is 0.652. The van der Waals surface area contributed by atoms with E-state index in [1.165, 1.54) is 37.8 Å². The fraction of sp³-hybridized carbons (Fsp3) is 0.450. The van der Waals surface area contributed by atoms with Gasteiger partial charge in [0.25, 0.3) is 11.1 Å². The second kappa shape index (κ2) is 7.97. The van der Waals surface area contributed by atoms with Crippen molar-refractivity contribution >= 4 is 29.4 Å². The molecule has 0 saturated carbocycles. The number of nitrogens with one attached hydrogen (secondary N) is 2. The van der Waals surface area contributed by atoms with E-state index < -0.39 is 0 Å². The van der Waals surface area contributed by atoms with E-state index in [0.717, 1.165) is 18.0 Å². The summed E-state index contributed by atoms with van der Waals surface area (Å²) in [6, 6.07) is 8.02. The minimum absolute atomic E-state index is 0.0220. The third kappa shape index (κ3) is 4.07. The Morgan fingerprint density at radius 3 is 2.57 bits per heavy atom. The summed E-state index contributed by atoms with van der Waals surface area (Å²) < 4.78 is 5.34. The first-order valence-electron chi connectivity index (χ1n) is 9.55. The molecule has 2 bridgehead atoms. The van der Waals surface area contributed by atoms with E-state index in [2.05, 4.69) is 27.4 Å². The topological polar surface area (TPSA) is 87.5 Å². The first-order chi connectivity index (χ1) is 13.5. The highest BCUT2D eigenvalue weighted by Gasteiger charge is 2.40. The Bertz CT molecular complexity index is 857. The van der Waals surface area contributed by atoms with E-state index in [-0.39, 0.29) is 17.9 Å². The van der Waals surface area contributed by atoms with E-state index in [1.54, 1.807) is 0 Å². The average Bonchev–Trinajstić information content (AvgIpc) is 3.11. The van der Waals surface area contributed by atoms with Crippen LogP contribution in [-0.4, -0.2) is 46.9 Å². The van der Waals surface area contributed by atoms with Crippen LogP contribution in [0.2, 0.25) is 0 Å². The number of carbonyl (C=O) groups excluding carboxylic acids is 2. The molecule has 1 aromatic heterocycles. The Balaban J connectivity index is 1.37. The molecule has 5 rings (SSSR count). The molecule has 2 amide bonds. The van der Waals surface area contributed by atoms with E-state index in [0.29, 0.717) is 28.6 Å². The van der Waals surface area contributed by atoms with Gasteiger partial charge in [0.2, 0.25) is 5.91 Å². The fourth-order valence-corrected chi connectivity index (χ4v) is 4.81. The van der Waals surface area contributed by atoms with Gasteiger partial charge >= 0.3 is 0 Å². The third-order valence-corrected chi connectivity index (χ3v) is 6.45. The number of amides is 2. The van der Waals surface area contributed by atoms with Crippen LogP contribution in [0.5, 0.6) is 0 Å². The van der Waals surface area contributed by atoms with Crippen molar-refractivity contribution in [3.05, 3.63) is 36.1 Å². The summed E-state index contributed by atoms with van der Waals surface area (Å²) in [6.45, 7) is 5.92. The zero-order valence-electron chi connectivity index (χ0n) is 16.0. The van der Waals surface area contributed by atoms with Gasteiger partial charge in [0.15, 0.2) is 5.82 Å². The lowest BCUT2D eigenvalue weighted by atomic mass is 9.79. The van der Waals surface area contributed by atoms with E-state index in [1.807, 2.05) is 24.3 Å². The van der Waals surface area contributed by atoms with E-state index >= 15 is 0 Å². The number of hydrogen-bond donors (Lipinski definition) is 2. The molecule has 3 saturated heterocycles. The molecular weight excluding hydrogens is 376 g/mol. The predicted octanol–water partition coefficient (Wildman–Crippen LogP) is 3.00. The Morgan fingerprint density at radius 2 is 1.93 bits per heavy atom. The monoisotopic (exact) mass is 400 g/mol. The van der Waals surface area contributed by atoms with Crippen molar-refractivity contribution in [3.63, 3.8) is 0 Å². The zero-order valence-corrected chi connectivity index (χ0v) is 16.8. The number of fused-ring (bicyclic) bond motifs is 3. The molecule has 2 N–H and O–H groups in total. The highest BCUT2D eigenvalue weighted by atomic mass is 32.2. The van der Waals surface area contributed by atoms with Crippen LogP contribution in [-0.2, 0) is 4.79 Å². The predicted molar refractivity (Wildman–Crippen MR) is 106 cm³/mol. The lowest BCUT2D eigenvalue weighted by Crippen LogP contribution is -2.62. The van der Waals surface area contributed by atoms with Crippen LogP contribution in [0.4, 0.5) is 5.82 Å². The van der Waals surface area contributed by atoms with Crippen molar-refractivity contribution in [2.24, 2.45) is 5.92 Å². The van der Waals surface area contributed by atoms with Crippen LogP contribution >= 0.6 is 11.8 Å². The number of aromatic nitrogens is 1. The van der Waals surface area contributed by atoms with Gasteiger partial charge in [0.1, 0.15) is 6.26 Å². The Morgan fingerprint density at radius 1 is 1.21 bits per heavy atom. The molecule has 2 atom stereocenters. The van der Waals surface area contributed by atoms with Gasteiger partial charge in [-0.1, -0.05) is 0 Å². The smallest absolute Gasteiger partial charge is 0.262 e. The van der Waals surface area contributed by atoms with Crippen LogP contribution in [0.3, 0.4) is 0 Å². The normalized spacial score (nSPS) is 26.1. The van der Waals surface area contributed by atoms with Gasteiger partial charge in [-0.3, -0.25) is 14.5 Å². The number of nitrogens with zero attached hydrogens (tertiary/aromatic N) is 2. The maximum atomic E-state index is 12.7. The summed E-state index contributed by atoms with van der Waals surface area (Å²) in [7, 11) is 0. The second-order valence-electron chi connectivity index (χ2n) is 7.42. The first-order valence-corrected chi connectivity index (χ1v) is 10.4. The first kappa shape index (κ1) is 19.0. The van der Waals surface area contributed by atoms with Crippen molar-refractivity contribution in [1.82, 2.24) is 15.2 Å². The lowest BCUT2D eigenvalue weighted by Gasteiger charge is -2.49. The fourth-order valence-electron chi connectivity index (χ4n) is 4.10. The quantitative estimate of drug-likeness (QED) is 0.802. The number of hydrogen-bond acceptors (Lipinski definition) is 6. The van der Waals surface area contributed by atoms with Crippen molar-refractivity contribution in [2.75, 3.05) is 18.4 Å². The van der Waals surface area contributed by atoms with Gasteiger partial charge in [-0.2, -0.15) is 4.98 Å². The molecule has 7 nitrogen and oxygen atoms in total. The maximum Gasteiger partial charge on any atom is 0.262 e. The summed E-state index contributed by atoms with van der Waals surface area (Å²) in [5, 5.41) is 6.26. The van der Waals surface area contributed by atoms with Gasteiger partial charge < -0.3 is 15.1 Å². The molecule has 2 aromatic rings. The number of benzene rings is 1. The third-order valence-electron chi connectivity index (χ3n) is 5.58. The maximum absolute atomic E-state index is 12.7. The van der Waals surface area contributed by atoms with Crippen LogP contribution in [0.1, 0.15) is 37.0 Å². The van der Waals surface area contributed by atoms with Crippen molar-refractivity contribution in [3.8, 4) is 0 Å². The molecule has 3 aliphatic heterocycles. The summed E-state index contributed by atoms with van der Waals surface area (Å²) in [5.74, 6) is 0.753. The molecule has 0 radical (unpaired) electrons. The van der Waals surface area contributed by atoms with Gasteiger partial charge in [0.05, 0.1) is 0 Å². The molecule has 4 heterocycles. The SMILES string of the molecule is CC(=O)Nc1coc(Sc2ccc(C(=O)N[C@@H]3C4CCN(CC4)[C@H]3C)cc2)n1. The van der Waals surface area contributed by atoms with Crippen LogP contribution in [0.25, 0.3) is 0 Å². The number of piperidine rings is 3. The largest absolute Gasteiger partial charge is 0.437 e. The second-order valence-corrected chi connectivity index (χ2v) is 8.44. The van der Waals surface area contributed by atoms with Gasteiger partial charge in [0, 0.05) is 29.5 Å². The number of carbonyl (C=O) groups is 2. The standard InChI is InChI=1S/C20H24N4O3S/c1-12-18(14-7-9-24(12)10-8-14)23-19(26)15-3-5-16(6-4-15)28-20-22-17(11-27-20)21-13(2)25/h3-6,11-12,14,18H,7-10H2,1-2H3,(H,21,25)(H,23,26)/t12-,18-/m0/s1. The Kier molecular flexibility index (Phi) is 5.41. The van der Waals surface area contributed by atoms with Crippen molar-refractivity contribution in [1.29, 1.82) is 0 Å². The van der Waals surface area contributed by atoms with Crippen LogP contribution in [0, 0.1) is 5.92 Å². The average molecular weight is 401 g/mol. The molecule has 8 heteroatoms. The molecule has 148 valence electrons. The molecule has 0 spiro atoms. The van der Waals surface area contributed by atoms with Gasteiger partial charge in [-0.15, -0.1) is 0 Å². The highest BCUT2D eigenvalue weighted by Crippen LogP contribution is 2.32. The molecule has 3 fully saturated rings. The van der Waals surface area contributed by atoms with Crippen LogP contribution < -0.4 is 10.6 Å². The highest BCUT2D eigenvalue weighted by molar-refractivity contribution is 7.99. The van der Waals surface area contributed by atoms with Crippen molar-refractivity contribution in [2.45, 2.75) is 48.9 Å². The molecule has 3 aliphatic rings. The Hall–Kier alpha value is -2.32.